The number of nitrogens with one attached hydrogen (secondary N) is 2. The topological polar surface area (TPSA) is 91.0 Å². The van der Waals surface area contributed by atoms with Crippen LogP contribution in [0.15, 0.2) is 45.3 Å². The molecular formula is C24H36N4O4S2. The first-order valence-corrected chi connectivity index (χ1v) is 13.5. The van der Waals surface area contributed by atoms with Gasteiger partial charge in [-0.3, -0.25) is 9.59 Å². The summed E-state index contributed by atoms with van der Waals surface area (Å²) in [5.41, 5.74) is 0. The van der Waals surface area contributed by atoms with E-state index in [2.05, 4.69) is 20.4 Å². The van der Waals surface area contributed by atoms with E-state index in [-0.39, 0.29) is 11.8 Å². The molecule has 0 fully saturated rings. The molecular weight excluding hydrogens is 472 g/mol. The standard InChI is InChI=1S/C24H36N4O4S2/c1-27(2)15-19-5-7-21(31-19)17-33-13-11-25-23(29)9-10-24(30)26-12-14-34-18-22-8-6-20(32-22)16-28(3)4/h5-10H,11-18H2,1-4H3,(H,25,29)(H,26,30). The molecule has 8 nitrogen and oxygen atoms in total. The van der Waals surface area contributed by atoms with Gasteiger partial charge >= 0.3 is 0 Å². The van der Waals surface area contributed by atoms with E-state index in [4.69, 9.17) is 8.83 Å². The Labute approximate surface area is 210 Å². The van der Waals surface area contributed by atoms with Crippen LogP contribution in [-0.2, 0) is 34.2 Å². The van der Waals surface area contributed by atoms with Crippen LogP contribution in [0.4, 0.5) is 0 Å². The van der Waals surface area contributed by atoms with E-state index in [0.717, 1.165) is 59.1 Å². The van der Waals surface area contributed by atoms with Crippen molar-refractivity contribution in [1.82, 2.24) is 20.4 Å². The number of thioether (sulfide) groups is 2. The number of rotatable bonds is 16. The molecule has 2 N–H and O–H groups in total. The Morgan fingerprint density at radius 1 is 0.735 bits per heavy atom. The van der Waals surface area contributed by atoms with Crippen molar-refractivity contribution < 1.29 is 18.4 Å². The van der Waals surface area contributed by atoms with Gasteiger partial charge in [-0.15, -0.1) is 0 Å². The van der Waals surface area contributed by atoms with Crippen molar-refractivity contribution in [3.8, 4) is 0 Å². The summed E-state index contributed by atoms with van der Waals surface area (Å²) in [6.07, 6.45) is 2.53. The summed E-state index contributed by atoms with van der Waals surface area (Å²) in [6, 6.07) is 7.97. The van der Waals surface area contributed by atoms with Gasteiger partial charge in [-0.25, -0.2) is 0 Å². The molecule has 2 aromatic heterocycles. The molecule has 0 saturated carbocycles. The molecule has 0 saturated heterocycles. The van der Waals surface area contributed by atoms with Gasteiger partial charge in [0.1, 0.15) is 23.0 Å². The molecule has 0 aliphatic heterocycles. The Morgan fingerprint density at radius 3 is 1.50 bits per heavy atom. The van der Waals surface area contributed by atoms with Crippen molar-refractivity contribution >= 4 is 35.3 Å². The first-order chi connectivity index (χ1) is 16.3. The van der Waals surface area contributed by atoms with Crippen LogP contribution in [0, 0.1) is 0 Å². The molecule has 0 aromatic carbocycles. The Hall–Kier alpha value is -2.14. The molecule has 0 radical (unpaired) electrons. The minimum absolute atomic E-state index is 0.275. The van der Waals surface area contributed by atoms with Crippen LogP contribution in [0.3, 0.4) is 0 Å². The number of furan rings is 2. The van der Waals surface area contributed by atoms with Gasteiger partial charge in [0.2, 0.25) is 11.8 Å². The molecule has 0 bridgehead atoms. The fourth-order valence-electron chi connectivity index (χ4n) is 2.90. The molecule has 0 aliphatic rings. The van der Waals surface area contributed by atoms with Gasteiger partial charge in [0.05, 0.1) is 24.6 Å². The van der Waals surface area contributed by atoms with Gasteiger partial charge in [0.25, 0.3) is 0 Å². The summed E-state index contributed by atoms with van der Waals surface area (Å²) < 4.78 is 11.5. The van der Waals surface area contributed by atoms with Gasteiger partial charge in [-0.2, -0.15) is 23.5 Å². The average Bonchev–Trinajstić information content (AvgIpc) is 3.40. The van der Waals surface area contributed by atoms with Gasteiger partial charge in [-0.1, -0.05) is 0 Å². The number of carbonyl (C=O) groups is 2. The Bertz CT molecular complexity index is 836. The SMILES string of the molecule is CN(C)Cc1ccc(CSCCNC(=O)C=CC(=O)NCCSCc2ccc(CN(C)C)o2)o1. The zero-order chi connectivity index (χ0) is 24.8. The zero-order valence-corrected chi connectivity index (χ0v) is 22.1. The summed E-state index contributed by atoms with van der Waals surface area (Å²) in [5, 5.41) is 5.56. The third-order valence-corrected chi connectivity index (χ3v) is 6.31. The average molecular weight is 509 g/mol. The van der Waals surface area contributed by atoms with Gasteiger partial charge in [0, 0.05) is 36.7 Å². The van der Waals surface area contributed by atoms with Crippen molar-refractivity contribution in [2.45, 2.75) is 24.6 Å². The van der Waals surface area contributed by atoms with Crippen molar-refractivity contribution in [2.24, 2.45) is 0 Å². The molecule has 0 aliphatic carbocycles. The van der Waals surface area contributed by atoms with Crippen LogP contribution in [-0.4, -0.2) is 74.4 Å². The monoisotopic (exact) mass is 508 g/mol. The van der Waals surface area contributed by atoms with E-state index in [9.17, 15) is 9.59 Å². The lowest BCUT2D eigenvalue weighted by atomic mass is 10.4. The molecule has 2 heterocycles. The maximum atomic E-state index is 11.9. The van der Waals surface area contributed by atoms with Crippen molar-refractivity contribution in [1.29, 1.82) is 0 Å². The predicted molar refractivity (Wildman–Crippen MR) is 140 cm³/mol. The molecule has 2 aromatic rings. The maximum Gasteiger partial charge on any atom is 0.244 e. The summed E-state index contributed by atoms with van der Waals surface area (Å²) in [7, 11) is 8.01. The van der Waals surface area contributed by atoms with Crippen LogP contribution < -0.4 is 10.6 Å². The number of nitrogens with zero attached hydrogens (tertiary/aromatic N) is 2. The third-order valence-electron chi connectivity index (χ3n) is 4.34. The van der Waals surface area contributed by atoms with Gasteiger partial charge < -0.3 is 29.3 Å². The summed E-state index contributed by atoms with van der Waals surface area (Å²) in [4.78, 5) is 27.8. The van der Waals surface area contributed by atoms with Crippen molar-refractivity contribution in [3.63, 3.8) is 0 Å². The molecule has 188 valence electrons. The molecule has 2 amide bonds. The van der Waals surface area contributed by atoms with Crippen LogP contribution in [0.25, 0.3) is 0 Å². The van der Waals surface area contributed by atoms with E-state index in [1.165, 1.54) is 12.2 Å². The van der Waals surface area contributed by atoms with Crippen LogP contribution in [0.2, 0.25) is 0 Å². The Morgan fingerprint density at radius 2 is 1.12 bits per heavy atom. The molecule has 0 atom stereocenters. The van der Waals surface area contributed by atoms with E-state index in [1.54, 1.807) is 23.5 Å². The van der Waals surface area contributed by atoms with Crippen LogP contribution >= 0.6 is 23.5 Å². The van der Waals surface area contributed by atoms with Gasteiger partial charge in [0.15, 0.2) is 0 Å². The number of hydrogen-bond acceptors (Lipinski definition) is 8. The maximum absolute atomic E-state index is 11.9. The molecule has 0 spiro atoms. The van der Waals surface area contributed by atoms with E-state index in [0.29, 0.717) is 13.1 Å². The zero-order valence-electron chi connectivity index (χ0n) is 20.5. The highest BCUT2D eigenvalue weighted by atomic mass is 32.2. The summed E-state index contributed by atoms with van der Waals surface area (Å²) in [5.74, 6) is 6.25. The predicted octanol–water partition coefficient (Wildman–Crippen LogP) is 2.95. The Kier molecular flexibility index (Phi) is 13.0. The largest absolute Gasteiger partial charge is 0.464 e. The highest BCUT2D eigenvalue weighted by Gasteiger charge is 2.05. The highest BCUT2D eigenvalue weighted by molar-refractivity contribution is 7.98. The van der Waals surface area contributed by atoms with Gasteiger partial charge in [-0.05, 0) is 52.5 Å². The lowest BCUT2D eigenvalue weighted by molar-refractivity contribution is -0.118. The lowest BCUT2D eigenvalue weighted by Crippen LogP contribution is -2.26. The number of hydrogen-bond donors (Lipinski definition) is 2. The minimum Gasteiger partial charge on any atom is -0.464 e. The van der Waals surface area contributed by atoms with E-state index >= 15 is 0 Å². The fourth-order valence-corrected chi connectivity index (χ4v) is 4.39. The second-order valence-electron chi connectivity index (χ2n) is 8.23. The smallest absolute Gasteiger partial charge is 0.244 e. The van der Waals surface area contributed by atoms with Crippen LogP contribution in [0.1, 0.15) is 23.0 Å². The minimum atomic E-state index is -0.275. The van der Waals surface area contributed by atoms with E-state index in [1.807, 2.05) is 52.5 Å². The number of carbonyl (C=O) groups excluding carboxylic acids is 2. The summed E-state index contributed by atoms with van der Waals surface area (Å²) in [6.45, 7) is 2.62. The Balaban J connectivity index is 1.49. The molecule has 34 heavy (non-hydrogen) atoms. The van der Waals surface area contributed by atoms with Crippen molar-refractivity contribution in [3.05, 3.63) is 59.5 Å². The molecule has 2 rings (SSSR count). The highest BCUT2D eigenvalue weighted by Crippen LogP contribution is 2.17. The fraction of sp³-hybridized carbons (Fsp3) is 0.500. The normalized spacial score (nSPS) is 11.6. The first-order valence-electron chi connectivity index (χ1n) is 11.2. The quantitative estimate of drug-likeness (QED) is 0.264. The molecule has 0 unspecified atom stereocenters. The van der Waals surface area contributed by atoms with Crippen LogP contribution in [0.5, 0.6) is 0 Å². The second-order valence-corrected chi connectivity index (χ2v) is 10.4. The third kappa shape index (κ3) is 12.4. The summed E-state index contributed by atoms with van der Waals surface area (Å²) >= 11 is 3.37. The second kappa shape index (κ2) is 15.7. The molecule has 10 heteroatoms. The number of amides is 2. The van der Waals surface area contributed by atoms with E-state index < -0.39 is 0 Å². The lowest BCUT2D eigenvalue weighted by Gasteiger charge is -2.06. The van der Waals surface area contributed by atoms with Crippen molar-refractivity contribution in [2.75, 3.05) is 52.8 Å². The first kappa shape index (κ1) is 28.1.